The maximum atomic E-state index is 11.7. The Balaban J connectivity index is 1.54. The van der Waals surface area contributed by atoms with E-state index in [0.717, 1.165) is 6.54 Å². The van der Waals surface area contributed by atoms with Gasteiger partial charge in [0.15, 0.2) is 0 Å². The van der Waals surface area contributed by atoms with Crippen molar-refractivity contribution < 1.29 is 4.79 Å². The molecule has 1 unspecified atom stereocenters. The number of rotatable bonds is 6. The van der Waals surface area contributed by atoms with Crippen LogP contribution in [0.1, 0.15) is 56.4 Å². The minimum Gasteiger partial charge on any atom is -0.355 e. The second-order valence-corrected chi connectivity index (χ2v) is 8.32. The number of hydrogen-bond donors (Lipinski definition) is 2. The molecule has 0 radical (unpaired) electrons. The van der Waals surface area contributed by atoms with E-state index in [1.54, 1.807) is 18.4 Å². The van der Waals surface area contributed by atoms with Crippen molar-refractivity contribution in [2.45, 2.75) is 38.3 Å². The van der Waals surface area contributed by atoms with E-state index in [1.807, 2.05) is 24.3 Å². The first-order valence-corrected chi connectivity index (χ1v) is 10.8. The molecule has 2 N–H and O–H groups in total. The molecule has 3 nitrogen and oxygen atoms in total. The monoisotopic (exact) mass is 390 g/mol. The van der Waals surface area contributed by atoms with E-state index < -0.39 is 0 Å². The Morgan fingerprint density at radius 3 is 2.54 bits per heavy atom. The van der Waals surface area contributed by atoms with Crippen molar-refractivity contribution in [3.63, 3.8) is 0 Å². The fourth-order valence-corrected chi connectivity index (χ4v) is 4.74. The maximum absolute atomic E-state index is 11.7. The van der Waals surface area contributed by atoms with Crippen LogP contribution in [0.15, 0.2) is 60.0 Å². The topological polar surface area (TPSA) is 41.1 Å². The third-order valence-corrected chi connectivity index (χ3v) is 6.42. The lowest BCUT2D eigenvalue weighted by molar-refractivity contribution is 0.0963. The van der Waals surface area contributed by atoms with Gasteiger partial charge in [-0.3, -0.25) is 4.79 Å². The summed E-state index contributed by atoms with van der Waals surface area (Å²) in [7, 11) is 1.65. The minimum atomic E-state index is -0.0509. The molecule has 0 spiro atoms. The van der Waals surface area contributed by atoms with E-state index in [9.17, 15) is 4.79 Å². The van der Waals surface area contributed by atoms with Gasteiger partial charge >= 0.3 is 0 Å². The van der Waals surface area contributed by atoms with Gasteiger partial charge in [-0.05, 0) is 71.5 Å². The van der Waals surface area contributed by atoms with Gasteiger partial charge in [-0.25, -0.2) is 0 Å². The van der Waals surface area contributed by atoms with Crippen LogP contribution in [-0.2, 0) is 19.4 Å². The Morgan fingerprint density at radius 1 is 1.04 bits per heavy atom. The summed E-state index contributed by atoms with van der Waals surface area (Å²) in [4.78, 5) is 13.1. The molecule has 144 valence electrons. The van der Waals surface area contributed by atoms with E-state index in [4.69, 9.17) is 0 Å². The molecular formula is C24H26N2OS. The highest BCUT2D eigenvalue weighted by Crippen LogP contribution is 2.30. The maximum Gasteiger partial charge on any atom is 0.251 e. The zero-order valence-corrected chi connectivity index (χ0v) is 17.0. The van der Waals surface area contributed by atoms with Crippen LogP contribution >= 0.6 is 11.3 Å². The molecule has 2 aromatic carbocycles. The van der Waals surface area contributed by atoms with E-state index in [-0.39, 0.29) is 11.9 Å². The van der Waals surface area contributed by atoms with Gasteiger partial charge in [-0.1, -0.05) is 36.4 Å². The van der Waals surface area contributed by atoms with Gasteiger partial charge in [0.25, 0.3) is 5.91 Å². The van der Waals surface area contributed by atoms with Crippen LogP contribution < -0.4 is 10.6 Å². The highest BCUT2D eigenvalue weighted by Gasteiger charge is 2.18. The molecule has 4 rings (SSSR count). The number of carbonyl (C=O) groups is 1. The van der Waals surface area contributed by atoms with Gasteiger partial charge in [-0.15, -0.1) is 11.3 Å². The molecule has 1 aromatic heterocycles. The molecule has 1 heterocycles. The quantitative estimate of drug-likeness (QED) is 0.631. The van der Waals surface area contributed by atoms with Crippen molar-refractivity contribution in [3.8, 4) is 0 Å². The highest BCUT2D eigenvalue weighted by molar-refractivity contribution is 7.10. The van der Waals surface area contributed by atoms with Crippen LogP contribution in [0.3, 0.4) is 0 Å². The molecule has 1 aliphatic rings. The number of carbonyl (C=O) groups excluding carboxylic acids is 1. The summed E-state index contributed by atoms with van der Waals surface area (Å²) in [6, 6.07) is 19.3. The largest absolute Gasteiger partial charge is 0.355 e. The summed E-state index contributed by atoms with van der Waals surface area (Å²) < 4.78 is 0. The van der Waals surface area contributed by atoms with Gasteiger partial charge < -0.3 is 10.6 Å². The van der Waals surface area contributed by atoms with Crippen molar-refractivity contribution in [3.05, 3.63) is 92.7 Å². The average molecular weight is 391 g/mol. The Labute approximate surface area is 170 Å². The van der Waals surface area contributed by atoms with Crippen LogP contribution in [0.25, 0.3) is 0 Å². The van der Waals surface area contributed by atoms with Crippen molar-refractivity contribution in [1.29, 1.82) is 0 Å². The molecule has 0 fully saturated rings. The van der Waals surface area contributed by atoms with Crippen LogP contribution in [0, 0.1) is 0 Å². The van der Waals surface area contributed by atoms with E-state index in [0.29, 0.717) is 5.56 Å². The molecule has 1 atom stereocenters. The summed E-state index contributed by atoms with van der Waals surface area (Å²) in [5, 5.41) is 8.54. The van der Waals surface area contributed by atoms with Crippen molar-refractivity contribution in [2.24, 2.45) is 0 Å². The second kappa shape index (κ2) is 8.72. The second-order valence-electron chi connectivity index (χ2n) is 7.34. The third kappa shape index (κ3) is 4.18. The minimum absolute atomic E-state index is 0.0509. The number of amides is 1. The molecule has 0 saturated carbocycles. The van der Waals surface area contributed by atoms with Crippen LogP contribution in [0.5, 0.6) is 0 Å². The first-order chi connectivity index (χ1) is 13.7. The van der Waals surface area contributed by atoms with Gasteiger partial charge in [0, 0.05) is 24.0 Å². The number of thiophene rings is 1. The number of hydrogen-bond acceptors (Lipinski definition) is 3. The van der Waals surface area contributed by atoms with E-state index >= 15 is 0 Å². The molecule has 3 aromatic rings. The predicted octanol–water partition coefficient (Wildman–Crippen LogP) is 4.87. The lowest BCUT2D eigenvalue weighted by atomic mass is 9.89. The molecule has 1 amide bonds. The van der Waals surface area contributed by atoms with Gasteiger partial charge in [0.2, 0.25) is 0 Å². The first kappa shape index (κ1) is 18.9. The van der Waals surface area contributed by atoms with Gasteiger partial charge in [0.05, 0.1) is 6.04 Å². The number of nitrogens with one attached hydrogen (secondary N) is 2. The van der Waals surface area contributed by atoms with E-state index in [2.05, 4.69) is 46.3 Å². The van der Waals surface area contributed by atoms with Crippen molar-refractivity contribution >= 4 is 17.2 Å². The molecule has 28 heavy (non-hydrogen) atoms. The number of aryl methyl sites for hydroxylation is 2. The van der Waals surface area contributed by atoms with Crippen LogP contribution in [-0.4, -0.2) is 13.0 Å². The first-order valence-electron chi connectivity index (χ1n) is 9.94. The Hall–Kier alpha value is -2.43. The fraction of sp³-hybridized carbons (Fsp3) is 0.292. The standard InChI is InChI=1S/C24H26N2OS/c1-25-24(27)19-10-8-17(9-11-19)16-26-23(22-7-4-14-28-22)21-13-12-18-5-2-3-6-20(18)15-21/h4,7-15,23,26H,2-3,5-6,16H2,1H3,(H,25,27). The zero-order chi connectivity index (χ0) is 19.3. The van der Waals surface area contributed by atoms with E-state index in [1.165, 1.54) is 52.8 Å². The van der Waals surface area contributed by atoms with Crippen LogP contribution in [0.2, 0.25) is 0 Å². The third-order valence-electron chi connectivity index (χ3n) is 5.49. The Kier molecular flexibility index (Phi) is 5.89. The number of fused-ring (bicyclic) bond motifs is 1. The fourth-order valence-electron chi connectivity index (χ4n) is 3.91. The highest BCUT2D eigenvalue weighted by atomic mass is 32.1. The zero-order valence-electron chi connectivity index (χ0n) is 16.2. The smallest absolute Gasteiger partial charge is 0.251 e. The van der Waals surface area contributed by atoms with Gasteiger partial charge in [0.1, 0.15) is 0 Å². The molecule has 0 saturated heterocycles. The molecule has 0 bridgehead atoms. The SMILES string of the molecule is CNC(=O)c1ccc(CNC(c2ccc3c(c2)CCCC3)c2cccs2)cc1. The van der Waals surface area contributed by atoms with Crippen molar-refractivity contribution in [2.75, 3.05) is 7.05 Å². The lowest BCUT2D eigenvalue weighted by Gasteiger charge is -2.22. The summed E-state index contributed by atoms with van der Waals surface area (Å²) >= 11 is 1.79. The molecular weight excluding hydrogens is 364 g/mol. The Bertz CT molecular complexity index is 932. The molecule has 4 heteroatoms. The molecule has 0 aliphatic heterocycles. The lowest BCUT2D eigenvalue weighted by Crippen LogP contribution is -2.22. The predicted molar refractivity (Wildman–Crippen MR) is 116 cm³/mol. The van der Waals surface area contributed by atoms with Crippen LogP contribution in [0.4, 0.5) is 0 Å². The summed E-state index contributed by atoms with van der Waals surface area (Å²) in [6.07, 6.45) is 5.02. The average Bonchev–Trinajstić information content (AvgIpc) is 3.28. The van der Waals surface area contributed by atoms with Crippen molar-refractivity contribution in [1.82, 2.24) is 10.6 Å². The summed E-state index contributed by atoms with van der Waals surface area (Å²) in [5.74, 6) is -0.0509. The number of benzene rings is 2. The Morgan fingerprint density at radius 2 is 1.82 bits per heavy atom. The normalized spacial score (nSPS) is 14.3. The van der Waals surface area contributed by atoms with Gasteiger partial charge in [-0.2, -0.15) is 0 Å². The summed E-state index contributed by atoms with van der Waals surface area (Å²) in [5.41, 5.74) is 6.24. The summed E-state index contributed by atoms with van der Waals surface area (Å²) in [6.45, 7) is 0.758. The molecule has 1 aliphatic carbocycles.